The van der Waals surface area contributed by atoms with Crippen LogP contribution >= 0.6 is 35.0 Å². The first kappa shape index (κ1) is 23.4. The van der Waals surface area contributed by atoms with Crippen molar-refractivity contribution in [2.45, 2.75) is 10.6 Å². The fourth-order valence-corrected chi connectivity index (χ4v) is 5.85. The maximum Gasteiger partial charge on any atom is 0.251 e. The molecule has 1 N–H and O–H groups in total. The van der Waals surface area contributed by atoms with Crippen LogP contribution in [0.2, 0.25) is 10.0 Å². The summed E-state index contributed by atoms with van der Waals surface area (Å²) in [7, 11) is -3.79. The van der Waals surface area contributed by atoms with Gasteiger partial charge in [0.2, 0.25) is 10.0 Å². The van der Waals surface area contributed by atoms with E-state index < -0.39 is 10.0 Å². The van der Waals surface area contributed by atoms with E-state index in [2.05, 4.69) is 5.32 Å². The predicted molar refractivity (Wildman–Crippen MR) is 121 cm³/mol. The van der Waals surface area contributed by atoms with Gasteiger partial charge >= 0.3 is 0 Å². The zero-order chi connectivity index (χ0) is 21.6. The number of carbonyl (C=O) groups is 1. The summed E-state index contributed by atoms with van der Waals surface area (Å²) in [6.45, 7) is 1.66. The fourth-order valence-electron chi connectivity index (χ4n) is 2.92. The summed E-state index contributed by atoms with van der Waals surface area (Å²) in [5.74, 6) is 1.16. The summed E-state index contributed by atoms with van der Waals surface area (Å²) in [6, 6.07) is 12.0. The van der Waals surface area contributed by atoms with Crippen LogP contribution in [0.15, 0.2) is 47.4 Å². The molecule has 1 aliphatic heterocycles. The molecule has 0 aromatic heterocycles. The third-order valence-electron chi connectivity index (χ3n) is 4.47. The molecule has 1 saturated heterocycles. The largest absolute Gasteiger partial charge is 0.379 e. The summed E-state index contributed by atoms with van der Waals surface area (Å²) in [4.78, 5) is 12.4. The Morgan fingerprint density at radius 2 is 1.90 bits per heavy atom. The molecule has 0 saturated carbocycles. The lowest BCUT2D eigenvalue weighted by molar-refractivity contribution is 0.0730. The number of benzene rings is 2. The molecule has 1 heterocycles. The number of ether oxygens (including phenoxy) is 1. The first-order valence-electron chi connectivity index (χ1n) is 9.36. The minimum absolute atomic E-state index is 0.0611. The molecular weight excluding hydrogens is 467 g/mol. The van der Waals surface area contributed by atoms with E-state index in [0.29, 0.717) is 30.5 Å². The van der Waals surface area contributed by atoms with Crippen LogP contribution in [0.4, 0.5) is 0 Å². The standard InChI is InChI=1S/C20H22Cl2N2O4S2/c21-17-3-1-2-15(12-17)14-29-11-6-23-20(25)16-4-5-18(22)19(13-16)30(26,27)24-7-9-28-10-8-24/h1-5,12-13H,6-11,14H2,(H,23,25). The Morgan fingerprint density at radius 3 is 2.63 bits per heavy atom. The molecule has 0 bridgehead atoms. The molecule has 0 spiro atoms. The van der Waals surface area contributed by atoms with Crippen molar-refractivity contribution in [3.63, 3.8) is 0 Å². The number of carbonyl (C=O) groups excluding carboxylic acids is 1. The van der Waals surface area contributed by atoms with Gasteiger partial charge < -0.3 is 10.1 Å². The molecule has 0 atom stereocenters. The zero-order valence-corrected chi connectivity index (χ0v) is 19.3. The Hall–Kier alpha value is -1.29. The third kappa shape index (κ3) is 6.12. The lowest BCUT2D eigenvalue weighted by Gasteiger charge is -2.26. The summed E-state index contributed by atoms with van der Waals surface area (Å²) < 4.78 is 32.3. The molecular formula is C20H22Cl2N2O4S2. The highest BCUT2D eigenvalue weighted by Crippen LogP contribution is 2.26. The number of hydrogen-bond donors (Lipinski definition) is 1. The SMILES string of the molecule is O=C(NCCSCc1cccc(Cl)c1)c1ccc(Cl)c(S(=O)(=O)N2CCOCC2)c1. The molecule has 2 aromatic rings. The average molecular weight is 489 g/mol. The van der Waals surface area contributed by atoms with Gasteiger partial charge in [0, 0.05) is 41.7 Å². The van der Waals surface area contributed by atoms with Gasteiger partial charge in [-0.25, -0.2) is 8.42 Å². The van der Waals surface area contributed by atoms with Crippen molar-refractivity contribution in [1.29, 1.82) is 0 Å². The Morgan fingerprint density at radius 1 is 1.13 bits per heavy atom. The summed E-state index contributed by atoms with van der Waals surface area (Å²) >= 11 is 13.8. The molecule has 2 aromatic carbocycles. The van der Waals surface area contributed by atoms with Gasteiger partial charge in [0.1, 0.15) is 4.90 Å². The van der Waals surface area contributed by atoms with E-state index in [1.165, 1.54) is 22.5 Å². The topological polar surface area (TPSA) is 75.7 Å². The molecule has 0 aliphatic carbocycles. The van der Waals surface area contributed by atoms with Crippen molar-refractivity contribution in [1.82, 2.24) is 9.62 Å². The van der Waals surface area contributed by atoms with Gasteiger partial charge in [-0.15, -0.1) is 0 Å². The molecule has 1 amide bonds. The van der Waals surface area contributed by atoms with Crippen LogP contribution in [0.5, 0.6) is 0 Å². The molecule has 1 fully saturated rings. The number of thioether (sulfide) groups is 1. The summed E-state index contributed by atoms with van der Waals surface area (Å²) in [6.07, 6.45) is 0. The van der Waals surface area contributed by atoms with Crippen molar-refractivity contribution < 1.29 is 17.9 Å². The van der Waals surface area contributed by atoms with Gasteiger partial charge in [-0.2, -0.15) is 16.1 Å². The maximum absolute atomic E-state index is 12.9. The van der Waals surface area contributed by atoms with Crippen LogP contribution < -0.4 is 5.32 Å². The summed E-state index contributed by atoms with van der Waals surface area (Å²) in [5, 5.41) is 3.61. The number of halogens is 2. The monoisotopic (exact) mass is 488 g/mol. The molecule has 3 rings (SSSR count). The van der Waals surface area contributed by atoms with Crippen molar-refractivity contribution in [2.24, 2.45) is 0 Å². The highest BCUT2D eigenvalue weighted by atomic mass is 35.5. The molecule has 0 unspecified atom stereocenters. The van der Waals surface area contributed by atoms with E-state index in [4.69, 9.17) is 27.9 Å². The minimum Gasteiger partial charge on any atom is -0.379 e. The number of sulfonamides is 1. The smallest absolute Gasteiger partial charge is 0.251 e. The minimum atomic E-state index is -3.79. The molecule has 1 aliphatic rings. The van der Waals surface area contributed by atoms with Crippen molar-refractivity contribution in [3.8, 4) is 0 Å². The van der Waals surface area contributed by atoms with Crippen LogP contribution in [-0.2, 0) is 20.5 Å². The van der Waals surface area contributed by atoms with Crippen molar-refractivity contribution in [3.05, 3.63) is 63.6 Å². The van der Waals surface area contributed by atoms with Gasteiger partial charge in [0.25, 0.3) is 5.91 Å². The highest BCUT2D eigenvalue weighted by molar-refractivity contribution is 7.98. The Bertz CT molecular complexity index is 996. The number of rotatable bonds is 8. The van der Waals surface area contributed by atoms with Gasteiger partial charge in [-0.3, -0.25) is 4.79 Å². The van der Waals surface area contributed by atoms with Crippen LogP contribution in [0, 0.1) is 0 Å². The molecule has 162 valence electrons. The lowest BCUT2D eigenvalue weighted by Crippen LogP contribution is -2.40. The number of hydrogen-bond acceptors (Lipinski definition) is 5. The van der Waals surface area contributed by atoms with E-state index in [-0.39, 0.29) is 34.5 Å². The average Bonchev–Trinajstić information content (AvgIpc) is 2.74. The van der Waals surface area contributed by atoms with Crippen LogP contribution in [0.3, 0.4) is 0 Å². The second kappa shape index (κ2) is 10.8. The van der Waals surface area contributed by atoms with Gasteiger partial charge in [-0.05, 0) is 35.9 Å². The van der Waals surface area contributed by atoms with Crippen LogP contribution in [0.1, 0.15) is 15.9 Å². The van der Waals surface area contributed by atoms with Gasteiger partial charge in [0.15, 0.2) is 0 Å². The predicted octanol–water partition coefficient (Wildman–Crippen LogP) is 3.68. The Balaban J connectivity index is 1.56. The summed E-state index contributed by atoms with van der Waals surface area (Å²) in [5.41, 5.74) is 1.38. The first-order valence-corrected chi connectivity index (χ1v) is 12.7. The molecule has 6 nitrogen and oxygen atoms in total. The van der Waals surface area contributed by atoms with Crippen LogP contribution in [-0.4, -0.2) is 57.2 Å². The zero-order valence-electron chi connectivity index (χ0n) is 16.1. The van der Waals surface area contributed by atoms with Gasteiger partial charge in [0.05, 0.1) is 18.2 Å². The fraction of sp³-hybridized carbons (Fsp3) is 0.350. The van der Waals surface area contributed by atoms with Crippen LogP contribution in [0.25, 0.3) is 0 Å². The molecule has 30 heavy (non-hydrogen) atoms. The van der Waals surface area contributed by atoms with E-state index in [1.807, 2.05) is 24.3 Å². The van der Waals surface area contributed by atoms with Crippen molar-refractivity contribution >= 4 is 50.9 Å². The first-order chi connectivity index (χ1) is 14.4. The van der Waals surface area contributed by atoms with Gasteiger partial charge in [-0.1, -0.05) is 35.3 Å². The van der Waals surface area contributed by atoms with E-state index in [1.54, 1.807) is 11.8 Å². The quantitative estimate of drug-likeness (QED) is 0.573. The maximum atomic E-state index is 12.9. The number of nitrogens with zero attached hydrogens (tertiary/aromatic N) is 1. The van der Waals surface area contributed by atoms with E-state index >= 15 is 0 Å². The Kier molecular flexibility index (Phi) is 8.44. The molecule has 0 radical (unpaired) electrons. The Labute approximate surface area is 190 Å². The van der Waals surface area contributed by atoms with E-state index in [0.717, 1.165) is 11.3 Å². The lowest BCUT2D eigenvalue weighted by atomic mass is 10.2. The van der Waals surface area contributed by atoms with Crippen molar-refractivity contribution in [2.75, 3.05) is 38.6 Å². The normalized spacial score (nSPS) is 15.1. The number of morpholine rings is 1. The number of amides is 1. The van der Waals surface area contributed by atoms with E-state index in [9.17, 15) is 13.2 Å². The highest BCUT2D eigenvalue weighted by Gasteiger charge is 2.29. The third-order valence-corrected chi connectivity index (χ3v) is 8.12. The second-order valence-corrected chi connectivity index (χ2v) is 10.5. The molecule has 10 heteroatoms. The number of nitrogens with one attached hydrogen (secondary N) is 1. The second-order valence-electron chi connectivity index (χ2n) is 6.60.